The molecule has 0 spiro atoms. The van der Waals surface area contributed by atoms with Crippen molar-refractivity contribution in [1.82, 2.24) is 9.88 Å². The van der Waals surface area contributed by atoms with Gasteiger partial charge in [-0.15, -0.1) is 0 Å². The molecule has 0 fully saturated rings. The van der Waals surface area contributed by atoms with E-state index in [-0.39, 0.29) is 11.7 Å². The Balaban J connectivity index is 1.66. The predicted octanol–water partition coefficient (Wildman–Crippen LogP) is 3.29. The van der Waals surface area contributed by atoms with Crippen LogP contribution in [0.25, 0.3) is 11.1 Å². The van der Waals surface area contributed by atoms with E-state index >= 15 is 0 Å². The number of hydrogen-bond donors (Lipinski definition) is 0. The number of amides is 1. The van der Waals surface area contributed by atoms with Gasteiger partial charge in [0, 0.05) is 19.7 Å². The van der Waals surface area contributed by atoms with Gasteiger partial charge in [-0.3, -0.25) is 9.59 Å². The number of likely N-dealkylation sites (N-methyl/N-ethyl adjacent to an activating group) is 1. The second kappa shape index (κ2) is 8.05. The summed E-state index contributed by atoms with van der Waals surface area (Å²) in [5, 5.41) is 0.387. The predicted molar refractivity (Wildman–Crippen MR) is 98.7 cm³/mol. The van der Waals surface area contributed by atoms with Gasteiger partial charge in [0.05, 0.1) is 0 Å². The molecule has 26 heavy (non-hydrogen) atoms. The summed E-state index contributed by atoms with van der Waals surface area (Å²) in [6, 6.07) is 16.3. The van der Waals surface area contributed by atoms with Crippen molar-refractivity contribution in [2.24, 2.45) is 0 Å². The lowest BCUT2D eigenvalue weighted by atomic mass is 10.1. The molecule has 0 radical (unpaired) electrons. The van der Waals surface area contributed by atoms with E-state index < -0.39 is 12.1 Å². The number of fused-ring (bicyclic) bond motifs is 1. The van der Waals surface area contributed by atoms with E-state index in [4.69, 9.17) is 9.15 Å². The average Bonchev–Trinajstić information content (AvgIpc) is 3.07. The van der Waals surface area contributed by atoms with Gasteiger partial charge in [0.2, 0.25) is 6.10 Å². The third-order valence-corrected chi connectivity index (χ3v) is 4.41. The highest BCUT2D eigenvalue weighted by atomic mass is 32.2. The minimum absolute atomic E-state index is 0.00311. The summed E-state index contributed by atoms with van der Waals surface area (Å²) in [4.78, 5) is 30.3. The number of ether oxygens (including phenoxy) is 1. The first-order chi connectivity index (χ1) is 12.5. The quantitative estimate of drug-likeness (QED) is 0.490. The fourth-order valence-electron chi connectivity index (χ4n) is 2.32. The van der Waals surface area contributed by atoms with Gasteiger partial charge in [-0.25, -0.2) is 4.98 Å². The maximum absolute atomic E-state index is 12.4. The van der Waals surface area contributed by atoms with Crippen LogP contribution in [0, 0.1) is 0 Å². The lowest BCUT2D eigenvalue weighted by Crippen LogP contribution is -2.31. The zero-order valence-electron chi connectivity index (χ0n) is 14.4. The van der Waals surface area contributed by atoms with Gasteiger partial charge < -0.3 is 14.1 Å². The van der Waals surface area contributed by atoms with Crippen molar-refractivity contribution in [1.29, 1.82) is 0 Å². The monoisotopic (exact) mass is 370 g/mol. The van der Waals surface area contributed by atoms with Crippen molar-refractivity contribution < 1.29 is 18.7 Å². The highest BCUT2D eigenvalue weighted by Gasteiger charge is 2.26. The lowest BCUT2D eigenvalue weighted by molar-refractivity contribution is -0.157. The number of hydrogen-bond acceptors (Lipinski definition) is 6. The van der Waals surface area contributed by atoms with Crippen molar-refractivity contribution in [3.05, 3.63) is 60.2 Å². The van der Waals surface area contributed by atoms with Crippen LogP contribution < -0.4 is 0 Å². The molecule has 0 aliphatic carbocycles. The fraction of sp³-hybridized carbons (Fsp3) is 0.211. The molecule has 2 aromatic carbocycles. The Labute approximate surface area is 155 Å². The molecule has 0 unspecified atom stereocenters. The number of nitrogens with zero attached hydrogens (tertiary/aromatic N) is 2. The van der Waals surface area contributed by atoms with Crippen LogP contribution in [-0.2, 0) is 14.3 Å². The number of carbonyl (C=O) groups excluding carboxylic acids is 2. The number of aromatic nitrogens is 1. The van der Waals surface area contributed by atoms with Gasteiger partial charge in [-0.1, -0.05) is 54.2 Å². The first-order valence-corrected chi connectivity index (χ1v) is 8.97. The Morgan fingerprint density at radius 1 is 1.12 bits per heavy atom. The Bertz CT molecular complexity index is 875. The van der Waals surface area contributed by atoms with Gasteiger partial charge in [0.1, 0.15) is 11.3 Å². The summed E-state index contributed by atoms with van der Waals surface area (Å²) in [5.41, 5.74) is 2.02. The highest BCUT2D eigenvalue weighted by Crippen LogP contribution is 2.25. The summed E-state index contributed by atoms with van der Waals surface area (Å²) in [5.74, 6) is -0.811. The number of benzene rings is 2. The van der Waals surface area contributed by atoms with E-state index in [1.807, 2.05) is 30.3 Å². The fourth-order valence-corrected chi connectivity index (χ4v) is 2.94. The van der Waals surface area contributed by atoms with Crippen LogP contribution in [0.1, 0.15) is 11.7 Å². The largest absolute Gasteiger partial charge is 0.447 e. The molecule has 1 aromatic heterocycles. The van der Waals surface area contributed by atoms with Crippen LogP contribution in [0.4, 0.5) is 0 Å². The molecule has 3 aromatic rings. The van der Waals surface area contributed by atoms with Gasteiger partial charge in [-0.05, 0) is 12.1 Å². The zero-order valence-corrected chi connectivity index (χ0v) is 15.2. The summed E-state index contributed by atoms with van der Waals surface area (Å²) < 4.78 is 11.0. The minimum atomic E-state index is -0.970. The molecular weight excluding hydrogens is 352 g/mol. The van der Waals surface area contributed by atoms with Gasteiger partial charge in [-0.2, -0.15) is 0 Å². The second-order valence-corrected chi connectivity index (χ2v) is 6.68. The number of rotatable bonds is 6. The summed E-state index contributed by atoms with van der Waals surface area (Å²) in [6.07, 6.45) is -0.970. The van der Waals surface area contributed by atoms with E-state index in [0.29, 0.717) is 16.4 Å². The lowest BCUT2D eigenvalue weighted by Gasteiger charge is -2.21. The van der Waals surface area contributed by atoms with Crippen molar-refractivity contribution in [3.63, 3.8) is 0 Å². The highest BCUT2D eigenvalue weighted by molar-refractivity contribution is 7.99. The van der Waals surface area contributed by atoms with Crippen molar-refractivity contribution in [3.8, 4) is 0 Å². The van der Waals surface area contributed by atoms with Crippen molar-refractivity contribution >= 4 is 34.7 Å². The molecule has 0 saturated carbocycles. The smallest absolute Gasteiger partial charge is 0.317 e. The van der Waals surface area contributed by atoms with E-state index in [1.54, 1.807) is 38.4 Å². The standard InChI is InChI=1S/C19H18N2O4S/c1-21(2)18(23)17(13-8-4-3-5-9-13)25-16(22)12-26-19-20-14-10-6-7-11-15(14)24-19/h3-11,17H,12H2,1-2H3/t17-/m0/s1. The number of esters is 1. The van der Waals surface area contributed by atoms with Gasteiger partial charge in [0.25, 0.3) is 11.1 Å². The number of oxazole rings is 1. The molecule has 1 atom stereocenters. The Morgan fingerprint density at radius 3 is 2.50 bits per heavy atom. The van der Waals surface area contributed by atoms with Crippen molar-refractivity contribution in [2.45, 2.75) is 11.3 Å². The van der Waals surface area contributed by atoms with E-state index in [2.05, 4.69) is 4.98 Å². The molecule has 0 aliphatic heterocycles. The van der Waals surface area contributed by atoms with Gasteiger partial charge in [0.15, 0.2) is 5.58 Å². The van der Waals surface area contributed by atoms with Crippen LogP contribution in [0.15, 0.2) is 64.2 Å². The Hall–Kier alpha value is -2.80. The minimum Gasteiger partial charge on any atom is -0.447 e. The molecule has 0 bridgehead atoms. The molecule has 1 amide bonds. The van der Waals surface area contributed by atoms with E-state index in [0.717, 1.165) is 17.3 Å². The van der Waals surface area contributed by atoms with Crippen molar-refractivity contribution in [2.75, 3.05) is 19.8 Å². The normalized spacial score (nSPS) is 11.9. The molecule has 0 N–H and O–H groups in total. The topological polar surface area (TPSA) is 72.6 Å². The third kappa shape index (κ3) is 4.23. The van der Waals surface area contributed by atoms with Crippen LogP contribution in [0.5, 0.6) is 0 Å². The summed E-state index contributed by atoms with van der Waals surface area (Å²) >= 11 is 1.13. The van der Waals surface area contributed by atoms with Crippen LogP contribution in [0.3, 0.4) is 0 Å². The van der Waals surface area contributed by atoms with Crippen LogP contribution in [-0.4, -0.2) is 41.6 Å². The number of thioether (sulfide) groups is 1. The molecule has 134 valence electrons. The van der Waals surface area contributed by atoms with E-state index in [1.165, 1.54) is 4.90 Å². The first-order valence-electron chi connectivity index (χ1n) is 7.98. The average molecular weight is 370 g/mol. The number of carbonyl (C=O) groups is 2. The van der Waals surface area contributed by atoms with Crippen LogP contribution in [0.2, 0.25) is 0 Å². The Morgan fingerprint density at radius 2 is 1.81 bits per heavy atom. The Kier molecular flexibility index (Phi) is 5.58. The first kappa shape index (κ1) is 18.0. The maximum atomic E-state index is 12.4. The molecule has 7 heteroatoms. The SMILES string of the molecule is CN(C)C(=O)[C@@H](OC(=O)CSc1nc2ccccc2o1)c1ccccc1. The molecular formula is C19H18N2O4S. The molecule has 3 rings (SSSR count). The summed E-state index contributed by atoms with van der Waals surface area (Å²) in [7, 11) is 3.25. The maximum Gasteiger partial charge on any atom is 0.317 e. The number of para-hydroxylation sites is 2. The molecule has 1 heterocycles. The van der Waals surface area contributed by atoms with E-state index in [9.17, 15) is 9.59 Å². The molecule has 0 aliphatic rings. The molecule has 6 nitrogen and oxygen atoms in total. The second-order valence-electron chi connectivity index (χ2n) is 5.75. The van der Waals surface area contributed by atoms with Crippen LogP contribution >= 0.6 is 11.8 Å². The van der Waals surface area contributed by atoms with Gasteiger partial charge >= 0.3 is 5.97 Å². The summed E-state index contributed by atoms with van der Waals surface area (Å²) in [6.45, 7) is 0. The zero-order chi connectivity index (χ0) is 18.5. The third-order valence-electron chi connectivity index (χ3n) is 3.60. The molecule has 0 saturated heterocycles.